The molecular formula is C11H14N4O2S. The quantitative estimate of drug-likeness (QED) is 0.766. The Hall–Kier alpha value is -1.73. The average Bonchev–Trinajstić information content (AvgIpc) is 2.93. The number of rotatable bonds is 6. The standard InChI is InChI=1S/C11H14N4O2S/c1-8-2-3-9(18-8)6-12-4-5-15-7-10(11(16)17)13-14-15/h2-3,7,12H,4-6H2,1H3,(H,16,17). The Bertz CT molecular complexity index is 535. The molecule has 0 saturated carbocycles. The van der Waals surface area contributed by atoms with Crippen LogP contribution in [-0.2, 0) is 13.1 Å². The second-order valence-electron chi connectivity index (χ2n) is 3.86. The molecule has 0 fully saturated rings. The van der Waals surface area contributed by atoms with Gasteiger partial charge in [-0.1, -0.05) is 5.21 Å². The maximum Gasteiger partial charge on any atom is 0.358 e. The number of aromatic carboxylic acids is 1. The van der Waals surface area contributed by atoms with Gasteiger partial charge in [0.15, 0.2) is 5.69 Å². The smallest absolute Gasteiger partial charge is 0.358 e. The van der Waals surface area contributed by atoms with Crippen LogP contribution >= 0.6 is 11.3 Å². The summed E-state index contributed by atoms with van der Waals surface area (Å²) in [6.07, 6.45) is 1.43. The van der Waals surface area contributed by atoms with Gasteiger partial charge in [-0.2, -0.15) is 0 Å². The molecule has 2 aromatic rings. The Labute approximate surface area is 108 Å². The van der Waals surface area contributed by atoms with Crippen LogP contribution < -0.4 is 5.32 Å². The van der Waals surface area contributed by atoms with Crippen LogP contribution in [0.1, 0.15) is 20.2 Å². The molecule has 7 heteroatoms. The molecule has 0 aliphatic rings. The highest BCUT2D eigenvalue weighted by Crippen LogP contribution is 2.14. The summed E-state index contributed by atoms with van der Waals surface area (Å²) in [5.74, 6) is -1.05. The summed E-state index contributed by atoms with van der Waals surface area (Å²) in [5.41, 5.74) is -0.0242. The molecule has 0 saturated heterocycles. The van der Waals surface area contributed by atoms with E-state index in [-0.39, 0.29) is 5.69 Å². The molecule has 2 N–H and O–H groups in total. The van der Waals surface area contributed by atoms with Crippen molar-refractivity contribution in [2.75, 3.05) is 6.54 Å². The molecule has 2 rings (SSSR count). The Morgan fingerprint density at radius 2 is 2.39 bits per heavy atom. The summed E-state index contributed by atoms with van der Waals surface area (Å²) in [7, 11) is 0. The molecule has 2 heterocycles. The zero-order valence-corrected chi connectivity index (χ0v) is 10.8. The maximum absolute atomic E-state index is 10.6. The highest BCUT2D eigenvalue weighted by molar-refractivity contribution is 7.11. The number of hydrogen-bond acceptors (Lipinski definition) is 5. The van der Waals surface area contributed by atoms with E-state index in [4.69, 9.17) is 5.11 Å². The Morgan fingerprint density at radius 3 is 3.00 bits per heavy atom. The molecule has 0 bridgehead atoms. The average molecular weight is 266 g/mol. The fourth-order valence-electron chi connectivity index (χ4n) is 1.49. The van der Waals surface area contributed by atoms with Gasteiger partial charge in [0, 0.05) is 22.8 Å². The van der Waals surface area contributed by atoms with Gasteiger partial charge >= 0.3 is 5.97 Å². The maximum atomic E-state index is 10.6. The van der Waals surface area contributed by atoms with E-state index in [2.05, 4.69) is 34.7 Å². The molecular weight excluding hydrogens is 252 g/mol. The molecule has 0 aliphatic carbocycles. The van der Waals surface area contributed by atoms with Gasteiger partial charge in [-0.25, -0.2) is 4.79 Å². The van der Waals surface area contributed by atoms with E-state index in [1.807, 2.05) is 0 Å². The van der Waals surface area contributed by atoms with E-state index in [1.54, 1.807) is 11.3 Å². The van der Waals surface area contributed by atoms with E-state index in [9.17, 15) is 4.79 Å². The lowest BCUT2D eigenvalue weighted by Gasteiger charge is -2.02. The van der Waals surface area contributed by atoms with Gasteiger partial charge in [-0.3, -0.25) is 4.68 Å². The number of carboxylic acid groups (broad SMARTS) is 1. The zero-order chi connectivity index (χ0) is 13.0. The van der Waals surface area contributed by atoms with Crippen LogP contribution in [0.3, 0.4) is 0 Å². The number of nitrogens with zero attached hydrogens (tertiary/aromatic N) is 3. The van der Waals surface area contributed by atoms with Crippen molar-refractivity contribution < 1.29 is 9.90 Å². The van der Waals surface area contributed by atoms with E-state index in [0.717, 1.165) is 13.1 Å². The molecule has 0 unspecified atom stereocenters. The van der Waals surface area contributed by atoms with Gasteiger partial charge in [0.1, 0.15) is 0 Å². The van der Waals surface area contributed by atoms with Gasteiger partial charge in [0.05, 0.1) is 12.7 Å². The SMILES string of the molecule is Cc1ccc(CNCCn2cc(C(=O)O)nn2)s1. The van der Waals surface area contributed by atoms with Gasteiger partial charge < -0.3 is 10.4 Å². The first kappa shape index (κ1) is 12.7. The summed E-state index contributed by atoms with van der Waals surface area (Å²) < 4.78 is 1.52. The Balaban J connectivity index is 1.73. The van der Waals surface area contributed by atoms with Crippen molar-refractivity contribution in [2.24, 2.45) is 0 Å². The van der Waals surface area contributed by atoms with E-state index >= 15 is 0 Å². The van der Waals surface area contributed by atoms with Gasteiger partial charge in [-0.05, 0) is 19.1 Å². The first-order valence-electron chi connectivity index (χ1n) is 5.54. The number of hydrogen-bond donors (Lipinski definition) is 2. The molecule has 0 aromatic carbocycles. The van der Waals surface area contributed by atoms with E-state index in [1.165, 1.54) is 20.6 Å². The number of aryl methyl sites for hydroxylation is 1. The van der Waals surface area contributed by atoms with Crippen molar-refractivity contribution in [3.8, 4) is 0 Å². The second-order valence-corrected chi connectivity index (χ2v) is 5.23. The number of thiophene rings is 1. The minimum atomic E-state index is -1.05. The summed E-state index contributed by atoms with van der Waals surface area (Å²) in [5, 5.41) is 19.2. The topological polar surface area (TPSA) is 80.0 Å². The van der Waals surface area contributed by atoms with Crippen molar-refractivity contribution in [3.05, 3.63) is 33.8 Å². The van der Waals surface area contributed by atoms with E-state index in [0.29, 0.717) is 6.54 Å². The number of carbonyl (C=O) groups is 1. The highest BCUT2D eigenvalue weighted by Gasteiger charge is 2.07. The monoisotopic (exact) mass is 266 g/mol. The molecule has 0 spiro atoms. The summed E-state index contributed by atoms with van der Waals surface area (Å²) >= 11 is 1.77. The first-order valence-corrected chi connectivity index (χ1v) is 6.36. The van der Waals surface area contributed by atoms with Crippen LogP contribution in [0.2, 0.25) is 0 Å². The highest BCUT2D eigenvalue weighted by atomic mass is 32.1. The van der Waals surface area contributed by atoms with Crippen LogP contribution in [0.5, 0.6) is 0 Å². The molecule has 6 nitrogen and oxygen atoms in total. The first-order chi connectivity index (χ1) is 8.65. The van der Waals surface area contributed by atoms with Crippen molar-refractivity contribution in [3.63, 3.8) is 0 Å². The number of carboxylic acids is 1. The third-order valence-electron chi connectivity index (χ3n) is 2.37. The fourth-order valence-corrected chi connectivity index (χ4v) is 2.35. The third-order valence-corrected chi connectivity index (χ3v) is 3.37. The molecule has 96 valence electrons. The van der Waals surface area contributed by atoms with Crippen LogP contribution in [0, 0.1) is 6.92 Å². The summed E-state index contributed by atoms with van der Waals surface area (Å²) in [6, 6.07) is 4.20. The van der Waals surface area contributed by atoms with Crippen molar-refractivity contribution in [1.29, 1.82) is 0 Å². The van der Waals surface area contributed by atoms with Crippen molar-refractivity contribution in [2.45, 2.75) is 20.0 Å². The van der Waals surface area contributed by atoms with Gasteiger partial charge in [-0.15, -0.1) is 16.4 Å². The molecule has 0 radical (unpaired) electrons. The minimum Gasteiger partial charge on any atom is -0.476 e. The van der Waals surface area contributed by atoms with Crippen LogP contribution in [0.4, 0.5) is 0 Å². The predicted octanol–water partition coefficient (Wildman–Crippen LogP) is 1.14. The molecule has 2 aromatic heterocycles. The van der Waals surface area contributed by atoms with Crippen LogP contribution in [0.25, 0.3) is 0 Å². The van der Waals surface area contributed by atoms with Crippen LogP contribution in [0.15, 0.2) is 18.3 Å². The van der Waals surface area contributed by atoms with Gasteiger partial charge in [0.2, 0.25) is 0 Å². The lowest BCUT2D eigenvalue weighted by Crippen LogP contribution is -2.19. The molecule has 0 atom stereocenters. The normalized spacial score (nSPS) is 10.7. The fraction of sp³-hybridized carbons (Fsp3) is 0.364. The molecule has 0 amide bonds. The van der Waals surface area contributed by atoms with Crippen LogP contribution in [-0.4, -0.2) is 32.6 Å². The lowest BCUT2D eigenvalue weighted by atomic mass is 10.4. The van der Waals surface area contributed by atoms with Crippen molar-refractivity contribution >= 4 is 17.3 Å². The third kappa shape index (κ3) is 3.38. The summed E-state index contributed by atoms with van der Waals surface area (Å²) in [6.45, 7) is 4.22. The van der Waals surface area contributed by atoms with Gasteiger partial charge in [0.25, 0.3) is 0 Å². The zero-order valence-electron chi connectivity index (χ0n) is 9.96. The predicted molar refractivity (Wildman–Crippen MR) is 67.7 cm³/mol. The van der Waals surface area contributed by atoms with Crippen molar-refractivity contribution in [1.82, 2.24) is 20.3 Å². The second kappa shape index (κ2) is 5.74. The Morgan fingerprint density at radius 1 is 1.56 bits per heavy atom. The lowest BCUT2D eigenvalue weighted by molar-refractivity contribution is 0.0690. The largest absolute Gasteiger partial charge is 0.476 e. The molecule has 0 aliphatic heterocycles. The summed E-state index contributed by atoms with van der Waals surface area (Å²) in [4.78, 5) is 13.2. The number of aromatic nitrogens is 3. The Kier molecular flexibility index (Phi) is 4.06. The molecule has 18 heavy (non-hydrogen) atoms. The minimum absolute atomic E-state index is 0.0242. The van der Waals surface area contributed by atoms with E-state index < -0.39 is 5.97 Å². The number of nitrogens with one attached hydrogen (secondary N) is 1.